The molecule has 1 aliphatic rings. The molecule has 152 valence electrons. The van der Waals surface area contributed by atoms with Gasteiger partial charge in [0.2, 0.25) is 0 Å². The highest BCUT2D eigenvalue weighted by atomic mass is 16.5. The fourth-order valence-electron chi connectivity index (χ4n) is 3.25. The number of benzene rings is 1. The van der Waals surface area contributed by atoms with Gasteiger partial charge >= 0.3 is 0 Å². The summed E-state index contributed by atoms with van der Waals surface area (Å²) in [5, 5.41) is 21.6. The number of guanidine groups is 1. The van der Waals surface area contributed by atoms with Crippen molar-refractivity contribution in [2.45, 2.75) is 52.0 Å². The predicted molar refractivity (Wildman–Crippen MR) is 108 cm³/mol. The van der Waals surface area contributed by atoms with E-state index in [9.17, 15) is 5.11 Å². The molecule has 8 nitrogen and oxygen atoms in total. The first-order chi connectivity index (χ1) is 13.6. The van der Waals surface area contributed by atoms with Gasteiger partial charge in [-0.25, -0.2) is 9.67 Å². The van der Waals surface area contributed by atoms with Crippen molar-refractivity contribution in [1.29, 1.82) is 0 Å². The lowest BCUT2D eigenvalue weighted by Gasteiger charge is -2.25. The Kier molecular flexibility index (Phi) is 7.00. The normalized spacial score (nSPS) is 17.9. The lowest BCUT2D eigenvalue weighted by Crippen LogP contribution is -2.47. The Balaban J connectivity index is 1.60. The van der Waals surface area contributed by atoms with Crippen LogP contribution < -0.4 is 10.6 Å². The Morgan fingerprint density at radius 1 is 1.39 bits per heavy atom. The van der Waals surface area contributed by atoms with Crippen LogP contribution in [0.2, 0.25) is 0 Å². The van der Waals surface area contributed by atoms with Crippen molar-refractivity contribution in [2.24, 2.45) is 4.99 Å². The number of hydrogen-bond donors (Lipinski definition) is 3. The quantitative estimate of drug-likeness (QED) is 0.491. The van der Waals surface area contributed by atoms with Crippen LogP contribution >= 0.6 is 0 Å². The number of methoxy groups -OCH3 is 1. The first-order valence-corrected chi connectivity index (χ1v) is 9.80. The Hall–Kier alpha value is -2.45. The molecule has 0 amide bonds. The summed E-state index contributed by atoms with van der Waals surface area (Å²) < 4.78 is 7.06. The molecule has 2 atom stereocenters. The highest BCUT2D eigenvalue weighted by Gasteiger charge is 2.22. The van der Waals surface area contributed by atoms with Gasteiger partial charge in [0.05, 0.1) is 19.2 Å². The minimum absolute atomic E-state index is 0.207. The molecule has 3 N–H and O–H groups in total. The topological polar surface area (TPSA) is 96.6 Å². The predicted octanol–water partition coefficient (Wildman–Crippen LogP) is 1.34. The van der Waals surface area contributed by atoms with Crippen molar-refractivity contribution in [3.8, 4) is 0 Å². The lowest BCUT2D eigenvalue weighted by molar-refractivity contribution is 0.177. The summed E-state index contributed by atoms with van der Waals surface area (Å²) in [7, 11) is 1.65. The van der Waals surface area contributed by atoms with Crippen LogP contribution in [0.3, 0.4) is 0 Å². The van der Waals surface area contributed by atoms with Crippen molar-refractivity contribution in [3.05, 3.63) is 47.0 Å². The van der Waals surface area contributed by atoms with E-state index in [4.69, 9.17) is 4.74 Å². The molecular weight excluding hydrogens is 356 g/mol. The Morgan fingerprint density at radius 2 is 2.18 bits per heavy atom. The number of aromatic nitrogens is 3. The van der Waals surface area contributed by atoms with Crippen LogP contribution in [0.5, 0.6) is 0 Å². The Bertz CT molecular complexity index is 786. The molecule has 1 aliphatic heterocycles. The maximum atomic E-state index is 10.4. The third kappa shape index (κ3) is 5.30. The van der Waals surface area contributed by atoms with Gasteiger partial charge in [0.15, 0.2) is 11.8 Å². The molecule has 0 aliphatic carbocycles. The summed E-state index contributed by atoms with van der Waals surface area (Å²) in [4.78, 5) is 9.09. The van der Waals surface area contributed by atoms with Crippen molar-refractivity contribution in [1.82, 2.24) is 25.4 Å². The summed E-state index contributed by atoms with van der Waals surface area (Å²) in [6.45, 7) is 6.28. The zero-order valence-electron chi connectivity index (χ0n) is 16.9. The number of ether oxygens (including phenoxy) is 1. The average molecular weight is 387 g/mol. The van der Waals surface area contributed by atoms with Crippen molar-refractivity contribution in [2.75, 3.05) is 20.2 Å². The summed E-state index contributed by atoms with van der Waals surface area (Å²) in [6.07, 6.45) is 1.19. The van der Waals surface area contributed by atoms with Gasteiger partial charge in [0.1, 0.15) is 12.4 Å². The number of nitrogens with one attached hydrogen (secondary N) is 2. The Morgan fingerprint density at radius 3 is 2.89 bits per heavy atom. The SMILES string of the molecule is CCNC(=NCC(O)c1ccc(C)cc1)NC1CCc2nc(COC)nn2C1. The van der Waals surface area contributed by atoms with Crippen molar-refractivity contribution < 1.29 is 9.84 Å². The summed E-state index contributed by atoms with van der Waals surface area (Å²) in [5.41, 5.74) is 2.05. The van der Waals surface area contributed by atoms with Gasteiger partial charge in [-0.05, 0) is 25.8 Å². The molecule has 2 heterocycles. The van der Waals surface area contributed by atoms with E-state index < -0.39 is 6.10 Å². The standard InChI is InChI=1S/C20H30N6O2/c1-4-21-20(22-11-17(27)15-7-5-14(2)6-8-15)23-16-9-10-19-24-18(13-28-3)25-26(19)12-16/h5-8,16-17,27H,4,9-13H2,1-3H3,(H2,21,22,23). The van der Waals surface area contributed by atoms with Crippen LogP contribution in [0.1, 0.15) is 42.2 Å². The zero-order valence-corrected chi connectivity index (χ0v) is 16.9. The number of nitrogens with zero attached hydrogens (tertiary/aromatic N) is 4. The molecular formula is C20H30N6O2. The van der Waals surface area contributed by atoms with E-state index in [0.717, 1.165) is 43.1 Å². The number of rotatable bonds is 7. The number of aliphatic imine (C=N–C) groups is 1. The molecule has 0 saturated carbocycles. The second kappa shape index (κ2) is 9.66. The third-order valence-electron chi connectivity index (χ3n) is 4.74. The van der Waals surface area contributed by atoms with Gasteiger partial charge in [0, 0.05) is 26.1 Å². The molecule has 0 saturated heterocycles. The number of aryl methyl sites for hydroxylation is 2. The molecule has 0 fully saturated rings. The van der Waals surface area contributed by atoms with Gasteiger partial charge in [-0.3, -0.25) is 4.99 Å². The highest BCUT2D eigenvalue weighted by molar-refractivity contribution is 5.80. The van der Waals surface area contributed by atoms with Gasteiger partial charge in [-0.15, -0.1) is 0 Å². The van der Waals surface area contributed by atoms with Crippen LogP contribution in [0, 0.1) is 6.92 Å². The number of aliphatic hydroxyl groups is 1. The summed E-state index contributed by atoms with van der Waals surface area (Å²) in [5.74, 6) is 2.43. The minimum atomic E-state index is -0.624. The number of aliphatic hydroxyl groups excluding tert-OH is 1. The summed E-state index contributed by atoms with van der Waals surface area (Å²) in [6, 6.07) is 8.10. The van der Waals surface area contributed by atoms with E-state index in [1.54, 1.807) is 7.11 Å². The molecule has 0 bridgehead atoms. The molecule has 0 spiro atoms. The second-order valence-corrected chi connectivity index (χ2v) is 7.09. The van der Waals surface area contributed by atoms with E-state index in [0.29, 0.717) is 19.1 Å². The first-order valence-electron chi connectivity index (χ1n) is 9.80. The number of hydrogen-bond acceptors (Lipinski definition) is 5. The van der Waals surface area contributed by atoms with E-state index in [2.05, 4.69) is 25.7 Å². The molecule has 28 heavy (non-hydrogen) atoms. The van der Waals surface area contributed by atoms with Gasteiger partial charge in [-0.1, -0.05) is 29.8 Å². The van der Waals surface area contributed by atoms with Gasteiger partial charge in [0.25, 0.3) is 0 Å². The molecule has 2 aromatic rings. The molecule has 1 aromatic heterocycles. The maximum Gasteiger partial charge on any atom is 0.191 e. The Labute approximate surface area is 166 Å². The maximum absolute atomic E-state index is 10.4. The zero-order chi connectivity index (χ0) is 19.9. The van der Waals surface area contributed by atoms with E-state index in [-0.39, 0.29) is 6.04 Å². The lowest BCUT2D eigenvalue weighted by atomic mass is 10.1. The van der Waals surface area contributed by atoms with Crippen LogP contribution in [0.25, 0.3) is 0 Å². The fraction of sp³-hybridized carbons (Fsp3) is 0.550. The number of fused-ring (bicyclic) bond motifs is 1. The average Bonchev–Trinajstić information content (AvgIpc) is 3.08. The van der Waals surface area contributed by atoms with Crippen LogP contribution in [0.4, 0.5) is 0 Å². The van der Waals surface area contributed by atoms with Crippen LogP contribution in [-0.4, -0.2) is 52.1 Å². The van der Waals surface area contributed by atoms with E-state index in [1.807, 2.05) is 42.8 Å². The van der Waals surface area contributed by atoms with Crippen molar-refractivity contribution >= 4 is 5.96 Å². The van der Waals surface area contributed by atoms with Crippen LogP contribution in [-0.2, 0) is 24.3 Å². The van der Waals surface area contributed by atoms with Crippen LogP contribution in [0.15, 0.2) is 29.3 Å². The second-order valence-electron chi connectivity index (χ2n) is 7.09. The molecule has 8 heteroatoms. The van der Waals surface area contributed by atoms with Gasteiger partial charge < -0.3 is 20.5 Å². The third-order valence-corrected chi connectivity index (χ3v) is 4.74. The van der Waals surface area contributed by atoms with E-state index in [1.165, 1.54) is 5.56 Å². The first kappa shape index (κ1) is 20.3. The minimum Gasteiger partial charge on any atom is -0.386 e. The molecule has 0 radical (unpaired) electrons. The largest absolute Gasteiger partial charge is 0.386 e. The van der Waals surface area contributed by atoms with Crippen molar-refractivity contribution in [3.63, 3.8) is 0 Å². The molecule has 2 unspecified atom stereocenters. The van der Waals surface area contributed by atoms with E-state index >= 15 is 0 Å². The highest BCUT2D eigenvalue weighted by Crippen LogP contribution is 2.15. The smallest absolute Gasteiger partial charge is 0.191 e. The fourth-order valence-corrected chi connectivity index (χ4v) is 3.25. The summed E-state index contributed by atoms with van der Waals surface area (Å²) >= 11 is 0. The molecule has 1 aromatic carbocycles. The molecule has 3 rings (SSSR count). The monoisotopic (exact) mass is 386 g/mol. The van der Waals surface area contributed by atoms with Gasteiger partial charge in [-0.2, -0.15) is 5.10 Å².